The zero-order chi connectivity index (χ0) is 13.5. The maximum absolute atomic E-state index is 11.9. The second-order valence-electron chi connectivity index (χ2n) is 4.47. The summed E-state index contributed by atoms with van der Waals surface area (Å²) in [5.74, 6) is 0.985. The SMILES string of the molecule is CN(CCc1ccccn1)C(=O)CCc1ccco1. The second kappa shape index (κ2) is 6.73. The highest BCUT2D eigenvalue weighted by Gasteiger charge is 2.09. The summed E-state index contributed by atoms with van der Waals surface area (Å²) < 4.78 is 5.21. The highest BCUT2D eigenvalue weighted by molar-refractivity contribution is 5.76. The van der Waals surface area contributed by atoms with Gasteiger partial charge in [0, 0.05) is 44.7 Å². The number of amides is 1. The minimum absolute atomic E-state index is 0.132. The van der Waals surface area contributed by atoms with Gasteiger partial charge in [0.15, 0.2) is 0 Å². The summed E-state index contributed by atoms with van der Waals surface area (Å²) in [6.07, 6.45) is 5.31. The fourth-order valence-electron chi connectivity index (χ4n) is 1.83. The quantitative estimate of drug-likeness (QED) is 0.798. The molecule has 0 aliphatic heterocycles. The van der Waals surface area contributed by atoms with Gasteiger partial charge in [-0.1, -0.05) is 6.07 Å². The van der Waals surface area contributed by atoms with E-state index in [-0.39, 0.29) is 5.91 Å². The third-order valence-electron chi connectivity index (χ3n) is 3.02. The van der Waals surface area contributed by atoms with Gasteiger partial charge in [-0.15, -0.1) is 0 Å². The molecule has 0 atom stereocenters. The van der Waals surface area contributed by atoms with Crippen LogP contribution in [0.2, 0.25) is 0 Å². The Hall–Kier alpha value is -2.10. The van der Waals surface area contributed by atoms with Crippen molar-refractivity contribution < 1.29 is 9.21 Å². The highest BCUT2D eigenvalue weighted by Crippen LogP contribution is 2.05. The predicted octanol–water partition coefficient (Wildman–Crippen LogP) is 2.31. The topological polar surface area (TPSA) is 46.3 Å². The maximum atomic E-state index is 11.9. The predicted molar refractivity (Wildman–Crippen MR) is 72.6 cm³/mol. The molecule has 0 N–H and O–H groups in total. The van der Waals surface area contributed by atoms with Gasteiger partial charge in [-0.2, -0.15) is 0 Å². The van der Waals surface area contributed by atoms with Crippen LogP contribution < -0.4 is 0 Å². The lowest BCUT2D eigenvalue weighted by Crippen LogP contribution is -2.29. The summed E-state index contributed by atoms with van der Waals surface area (Å²) in [7, 11) is 1.83. The molecular weight excluding hydrogens is 240 g/mol. The number of furan rings is 1. The third kappa shape index (κ3) is 4.25. The van der Waals surface area contributed by atoms with Crippen LogP contribution in [0.1, 0.15) is 17.9 Å². The van der Waals surface area contributed by atoms with Crippen molar-refractivity contribution >= 4 is 5.91 Å². The van der Waals surface area contributed by atoms with Crippen molar-refractivity contribution in [3.63, 3.8) is 0 Å². The molecule has 2 aromatic heterocycles. The number of hydrogen-bond acceptors (Lipinski definition) is 3. The number of pyridine rings is 1. The van der Waals surface area contributed by atoms with E-state index in [0.29, 0.717) is 19.4 Å². The summed E-state index contributed by atoms with van der Waals surface area (Å²) in [6, 6.07) is 9.55. The summed E-state index contributed by atoms with van der Waals surface area (Å²) in [6.45, 7) is 0.688. The van der Waals surface area contributed by atoms with Crippen LogP contribution in [0, 0.1) is 0 Å². The number of rotatable bonds is 6. The van der Waals surface area contributed by atoms with Gasteiger partial charge in [0.05, 0.1) is 6.26 Å². The lowest BCUT2D eigenvalue weighted by Gasteiger charge is -2.16. The van der Waals surface area contributed by atoms with Gasteiger partial charge in [0.25, 0.3) is 0 Å². The van der Waals surface area contributed by atoms with E-state index >= 15 is 0 Å². The number of carbonyl (C=O) groups excluding carboxylic acids is 1. The van der Waals surface area contributed by atoms with Crippen LogP contribution in [-0.4, -0.2) is 29.4 Å². The van der Waals surface area contributed by atoms with E-state index in [2.05, 4.69) is 4.98 Å². The Bertz CT molecular complexity index is 494. The summed E-state index contributed by atoms with van der Waals surface area (Å²) in [5.41, 5.74) is 1.01. The molecule has 2 rings (SSSR count). The normalized spacial score (nSPS) is 10.4. The van der Waals surface area contributed by atoms with Gasteiger partial charge >= 0.3 is 0 Å². The maximum Gasteiger partial charge on any atom is 0.222 e. The van der Waals surface area contributed by atoms with E-state index in [0.717, 1.165) is 17.9 Å². The van der Waals surface area contributed by atoms with Crippen molar-refractivity contribution in [2.75, 3.05) is 13.6 Å². The summed E-state index contributed by atoms with van der Waals surface area (Å²) in [4.78, 5) is 17.9. The van der Waals surface area contributed by atoms with Gasteiger partial charge in [0.2, 0.25) is 5.91 Å². The molecule has 0 aliphatic carbocycles. The Kier molecular flexibility index (Phi) is 4.72. The highest BCUT2D eigenvalue weighted by atomic mass is 16.3. The number of carbonyl (C=O) groups is 1. The molecule has 0 saturated carbocycles. The van der Waals surface area contributed by atoms with Crippen molar-refractivity contribution in [1.82, 2.24) is 9.88 Å². The first-order valence-corrected chi connectivity index (χ1v) is 6.42. The standard InChI is InChI=1S/C15H18N2O2/c1-17(11-9-13-5-2-3-10-16-13)15(18)8-7-14-6-4-12-19-14/h2-6,10,12H,7-9,11H2,1H3. The molecule has 19 heavy (non-hydrogen) atoms. The molecule has 0 spiro atoms. The van der Waals surface area contributed by atoms with E-state index in [9.17, 15) is 4.79 Å². The molecule has 2 heterocycles. The van der Waals surface area contributed by atoms with Crippen molar-refractivity contribution in [2.45, 2.75) is 19.3 Å². The first kappa shape index (κ1) is 13.3. The fourth-order valence-corrected chi connectivity index (χ4v) is 1.83. The zero-order valence-corrected chi connectivity index (χ0v) is 11.1. The molecule has 4 nitrogen and oxygen atoms in total. The Morgan fingerprint density at radius 3 is 2.84 bits per heavy atom. The third-order valence-corrected chi connectivity index (χ3v) is 3.02. The van der Waals surface area contributed by atoms with Crippen LogP contribution in [0.4, 0.5) is 0 Å². The monoisotopic (exact) mass is 258 g/mol. The molecule has 0 radical (unpaired) electrons. The Balaban J connectivity index is 1.73. The molecule has 0 unspecified atom stereocenters. The van der Waals surface area contributed by atoms with Crippen LogP contribution in [0.15, 0.2) is 47.2 Å². The van der Waals surface area contributed by atoms with Crippen molar-refractivity contribution in [3.8, 4) is 0 Å². The Labute approximate surface area is 113 Å². The largest absolute Gasteiger partial charge is 0.469 e. The molecule has 4 heteroatoms. The van der Waals surface area contributed by atoms with Crippen molar-refractivity contribution in [2.24, 2.45) is 0 Å². The van der Waals surface area contributed by atoms with Crippen LogP contribution >= 0.6 is 0 Å². The molecule has 100 valence electrons. The van der Waals surface area contributed by atoms with Gasteiger partial charge in [-0.3, -0.25) is 9.78 Å². The summed E-state index contributed by atoms with van der Waals surface area (Å²) in [5, 5.41) is 0. The number of likely N-dealkylation sites (N-methyl/N-ethyl adjacent to an activating group) is 1. The van der Waals surface area contributed by atoms with Gasteiger partial charge in [0.1, 0.15) is 5.76 Å². The van der Waals surface area contributed by atoms with Gasteiger partial charge < -0.3 is 9.32 Å². The number of hydrogen-bond donors (Lipinski definition) is 0. The number of aryl methyl sites for hydroxylation is 1. The minimum atomic E-state index is 0.132. The minimum Gasteiger partial charge on any atom is -0.469 e. The first-order valence-electron chi connectivity index (χ1n) is 6.42. The number of nitrogens with zero attached hydrogens (tertiary/aromatic N) is 2. The fraction of sp³-hybridized carbons (Fsp3) is 0.333. The zero-order valence-electron chi connectivity index (χ0n) is 11.1. The molecule has 2 aromatic rings. The molecular formula is C15H18N2O2. The van der Waals surface area contributed by atoms with Crippen LogP contribution in [-0.2, 0) is 17.6 Å². The van der Waals surface area contributed by atoms with Crippen molar-refractivity contribution in [1.29, 1.82) is 0 Å². The van der Waals surface area contributed by atoms with Crippen LogP contribution in [0.5, 0.6) is 0 Å². The van der Waals surface area contributed by atoms with E-state index in [1.165, 1.54) is 0 Å². The first-order chi connectivity index (χ1) is 9.25. The molecule has 1 amide bonds. The smallest absolute Gasteiger partial charge is 0.222 e. The Morgan fingerprint density at radius 2 is 2.16 bits per heavy atom. The second-order valence-corrected chi connectivity index (χ2v) is 4.47. The lowest BCUT2D eigenvalue weighted by atomic mass is 10.2. The van der Waals surface area contributed by atoms with Crippen molar-refractivity contribution in [3.05, 3.63) is 54.2 Å². The lowest BCUT2D eigenvalue weighted by molar-refractivity contribution is -0.129. The molecule has 0 saturated heterocycles. The van der Waals surface area contributed by atoms with E-state index < -0.39 is 0 Å². The van der Waals surface area contributed by atoms with E-state index in [1.54, 1.807) is 17.4 Å². The van der Waals surface area contributed by atoms with Crippen LogP contribution in [0.25, 0.3) is 0 Å². The molecule has 0 bridgehead atoms. The van der Waals surface area contributed by atoms with Crippen LogP contribution in [0.3, 0.4) is 0 Å². The molecule has 0 aromatic carbocycles. The average molecular weight is 258 g/mol. The van der Waals surface area contributed by atoms with E-state index in [1.807, 2.05) is 37.4 Å². The Morgan fingerprint density at radius 1 is 1.26 bits per heavy atom. The van der Waals surface area contributed by atoms with E-state index in [4.69, 9.17) is 4.42 Å². The average Bonchev–Trinajstić information content (AvgIpc) is 2.96. The van der Waals surface area contributed by atoms with Gasteiger partial charge in [-0.25, -0.2) is 0 Å². The molecule has 0 aliphatic rings. The van der Waals surface area contributed by atoms with Gasteiger partial charge in [-0.05, 0) is 24.3 Å². The number of aromatic nitrogens is 1. The molecule has 0 fully saturated rings. The summed E-state index contributed by atoms with van der Waals surface area (Å²) >= 11 is 0.